The molecule has 0 aliphatic carbocycles. The van der Waals surface area contributed by atoms with Crippen molar-refractivity contribution in [2.75, 3.05) is 0 Å². The molecule has 0 aliphatic heterocycles. The minimum absolute atomic E-state index is 0.562. The molecular formula is C12H20OS. The summed E-state index contributed by atoms with van der Waals surface area (Å²) >= 11 is 1.75. The monoisotopic (exact) mass is 212 g/mol. The third-order valence-corrected chi connectivity index (χ3v) is 4.40. The van der Waals surface area contributed by atoms with Crippen molar-refractivity contribution in [3.05, 3.63) is 21.9 Å². The van der Waals surface area contributed by atoms with Gasteiger partial charge in [0.25, 0.3) is 0 Å². The quantitative estimate of drug-likeness (QED) is 0.803. The zero-order chi connectivity index (χ0) is 10.8. The lowest BCUT2D eigenvalue weighted by Gasteiger charge is -2.23. The van der Waals surface area contributed by atoms with E-state index in [2.05, 4.69) is 26.0 Å². The third kappa shape index (κ3) is 2.18. The minimum Gasteiger partial charge on any atom is -0.384 e. The summed E-state index contributed by atoms with van der Waals surface area (Å²) in [5, 5.41) is 10.3. The molecular weight excluding hydrogens is 192 g/mol. The van der Waals surface area contributed by atoms with Gasteiger partial charge in [0, 0.05) is 9.75 Å². The van der Waals surface area contributed by atoms with Crippen molar-refractivity contribution in [2.45, 2.75) is 52.1 Å². The zero-order valence-electron chi connectivity index (χ0n) is 9.50. The number of hydrogen-bond donors (Lipinski definition) is 1. The summed E-state index contributed by atoms with van der Waals surface area (Å²) < 4.78 is 0. The molecule has 0 unspecified atom stereocenters. The molecule has 1 aromatic rings. The van der Waals surface area contributed by atoms with Crippen LogP contribution in [-0.2, 0) is 5.60 Å². The van der Waals surface area contributed by atoms with Crippen molar-refractivity contribution in [3.8, 4) is 0 Å². The van der Waals surface area contributed by atoms with Crippen molar-refractivity contribution in [1.29, 1.82) is 0 Å². The number of aliphatic hydroxyl groups is 1. The van der Waals surface area contributed by atoms with E-state index in [0.717, 1.165) is 17.7 Å². The van der Waals surface area contributed by atoms with Crippen LogP contribution in [0.25, 0.3) is 0 Å². The molecule has 0 aliphatic rings. The highest BCUT2D eigenvalue weighted by molar-refractivity contribution is 7.12. The first-order valence-corrected chi connectivity index (χ1v) is 6.17. The maximum atomic E-state index is 10.3. The van der Waals surface area contributed by atoms with E-state index in [1.54, 1.807) is 11.3 Å². The highest BCUT2D eigenvalue weighted by Crippen LogP contribution is 2.35. The standard InChI is InChI=1S/C12H20OS/c1-5-12(13,6-2)11-8-7-10(14-11)9(3)4/h7-9,13H,5-6H2,1-4H3. The largest absolute Gasteiger partial charge is 0.384 e. The van der Waals surface area contributed by atoms with E-state index in [1.807, 2.05) is 13.8 Å². The van der Waals surface area contributed by atoms with Crippen LogP contribution < -0.4 is 0 Å². The van der Waals surface area contributed by atoms with Crippen LogP contribution in [-0.4, -0.2) is 5.11 Å². The summed E-state index contributed by atoms with van der Waals surface area (Å²) in [6, 6.07) is 4.22. The summed E-state index contributed by atoms with van der Waals surface area (Å²) in [6.45, 7) is 8.45. The molecule has 0 saturated heterocycles. The molecule has 0 atom stereocenters. The molecule has 2 heteroatoms. The van der Waals surface area contributed by atoms with Gasteiger partial charge < -0.3 is 5.11 Å². The van der Waals surface area contributed by atoms with Crippen molar-refractivity contribution in [3.63, 3.8) is 0 Å². The van der Waals surface area contributed by atoms with Gasteiger partial charge in [0.15, 0.2) is 0 Å². The van der Waals surface area contributed by atoms with Crippen LogP contribution in [0.5, 0.6) is 0 Å². The van der Waals surface area contributed by atoms with Gasteiger partial charge in [-0.05, 0) is 30.9 Å². The minimum atomic E-state index is -0.599. The first-order chi connectivity index (χ1) is 6.53. The summed E-state index contributed by atoms with van der Waals surface area (Å²) in [4.78, 5) is 2.48. The highest BCUT2D eigenvalue weighted by Gasteiger charge is 2.26. The van der Waals surface area contributed by atoms with Crippen molar-refractivity contribution >= 4 is 11.3 Å². The number of thiophene rings is 1. The fourth-order valence-corrected chi connectivity index (χ4v) is 2.75. The molecule has 0 fully saturated rings. The SMILES string of the molecule is CCC(O)(CC)c1ccc(C(C)C)s1. The predicted octanol–water partition coefficient (Wildman–Crippen LogP) is 3.88. The maximum Gasteiger partial charge on any atom is 0.0982 e. The van der Waals surface area contributed by atoms with E-state index in [9.17, 15) is 5.11 Å². The van der Waals surface area contributed by atoms with Crippen LogP contribution in [0.1, 0.15) is 56.2 Å². The van der Waals surface area contributed by atoms with Crippen LogP contribution in [0.15, 0.2) is 12.1 Å². The molecule has 1 heterocycles. The Bertz CT molecular complexity index is 284. The Morgan fingerprint density at radius 2 is 1.86 bits per heavy atom. The van der Waals surface area contributed by atoms with Gasteiger partial charge in [0.05, 0.1) is 5.60 Å². The van der Waals surface area contributed by atoms with Gasteiger partial charge in [-0.1, -0.05) is 27.7 Å². The molecule has 0 aromatic carbocycles. The average Bonchev–Trinajstić information content (AvgIpc) is 2.66. The zero-order valence-corrected chi connectivity index (χ0v) is 10.3. The van der Waals surface area contributed by atoms with Crippen molar-refractivity contribution < 1.29 is 5.11 Å². The molecule has 1 aromatic heterocycles. The van der Waals surface area contributed by atoms with E-state index in [-0.39, 0.29) is 0 Å². The molecule has 80 valence electrons. The second kappa shape index (κ2) is 4.45. The van der Waals surface area contributed by atoms with Gasteiger partial charge in [-0.15, -0.1) is 11.3 Å². The fraction of sp³-hybridized carbons (Fsp3) is 0.667. The number of hydrogen-bond acceptors (Lipinski definition) is 2. The Morgan fingerprint density at radius 1 is 1.29 bits per heavy atom. The Hall–Kier alpha value is -0.340. The van der Waals surface area contributed by atoms with Crippen LogP contribution in [0.2, 0.25) is 0 Å². The Labute approximate surface area is 90.8 Å². The first-order valence-electron chi connectivity index (χ1n) is 5.36. The normalized spacial score (nSPS) is 12.4. The van der Waals surface area contributed by atoms with E-state index >= 15 is 0 Å². The lowest BCUT2D eigenvalue weighted by Crippen LogP contribution is -2.21. The average molecular weight is 212 g/mol. The predicted molar refractivity (Wildman–Crippen MR) is 62.9 cm³/mol. The fourth-order valence-electron chi connectivity index (χ4n) is 1.51. The Balaban J connectivity index is 2.95. The summed E-state index contributed by atoms with van der Waals surface area (Å²) in [6.07, 6.45) is 1.59. The van der Waals surface area contributed by atoms with Gasteiger partial charge in [-0.2, -0.15) is 0 Å². The molecule has 0 radical (unpaired) electrons. The molecule has 1 nitrogen and oxygen atoms in total. The van der Waals surface area contributed by atoms with Crippen LogP contribution >= 0.6 is 11.3 Å². The van der Waals surface area contributed by atoms with E-state index < -0.39 is 5.60 Å². The first kappa shape index (κ1) is 11.7. The molecule has 0 spiro atoms. The van der Waals surface area contributed by atoms with Gasteiger partial charge in [-0.25, -0.2) is 0 Å². The molecule has 0 saturated carbocycles. The summed E-state index contributed by atoms with van der Waals surface area (Å²) in [7, 11) is 0. The maximum absolute atomic E-state index is 10.3. The topological polar surface area (TPSA) is 20.2 Å². The van der Waals surface area contributed by atoms with Crippen molar-refractivity contribution in [2.24, 2.45) is 0 Å². The number of rotatable bonds is 4. The van der Waals surface area contributed by atoms with Gasteiger partial charge >= 0.3 is 0 Å². The molecule has 0 amide bonds. The Kier molecular flexibility index (Phi) is 3.73. The highest BCUT2D eigenvalue weighted by atomic mass is 32.1. The molecule has 1 rings (SSSR count). The second-order valence-electron chi connectivity index (χ2n) is 4.10. The smallest absolute Gasteiger partial charge is 0.0982 e. The molecule has 14 heavy (non-hydrogen) atoms. The van der Waals surface area contributed by atoms with Gasteiger partial charge in [-0.3, -0.25) is 0 Å². The molecule has 1 N–H and O–H groups in total. The second-order valence-corrected chi connectivity index (χ2v) is 5.21. The van der Waals surface area contributed by atoms with E-state index in [0.29, 0.717) is 5.92 Å². The molecule has 0 bridgehead atoms. The van der Waals surface area contributed by atoms with Crippen LogP contribution in [0, 0.1) is 0 Å². The summed E-state index contributed by atoms with van der Waals surface area (Å²) in [5.41, 5.74) is -0.599. The van der Waals surface area contributed by atoms with Gasteiger partial charge in [0.1, 0.15) is 0 Å². The Morgan fingerprint density at radius 3 is 2.21 bits per heavy atom. The van der Waals surface area contributed by atoms with E-state index in [1.165, 1.54) is 4.88 Å². The van der Waals surface area contributed by atoms with Gasteiger partial charge in [0.2, 0.25) is 0 Å². The van der Waals surface area contributed by atoms with Crippen LogP contribution in [0.3, 0.4) is 0 Å². The lowest BCUT2D eigenvalue weighted by molar-refractivity contribution is 0.0321. The van der Waals surface area contributed by atoms with Crippen LogP contribution in [0.4, 0.5) is 0 Å². The third-order valence-electron chi connectivity index (χ3n) is 2.82. The van der Waals surface area contributed by atoms with Crippen molar-refractivity contribution in [1.82, 2.24) is 0 Å². The summed E-state index contributed by atoms with van der Waals surface area (Å²) in [5.74, 6) is 0.562. The van der Waals surface area contributed by atoms with E-state index in [4.69, 9.17) is 0 Å². The lowest BCUT2D eigenvalue weighted by atomic mass is 9.96.